The minimum Gasteiger partial charge on any atom is -0.448 e. The van der Waals surface area contributed by atoms with Gasteiger partial charge in [-0.2, -0.15) is 0 Å². The first-order valence-corrected chi connectivity index (χ1v) is 8.84. The van der Waals surface area contributed by atoms with E-state index < -0.39 is 29.6 Å². The Balaban J connectivity index is 1.63. The molecule has 0 unspecified atom stereocenters. The van der Waals surface area contributed by atoms with Gasteiger partial charge < -0.3 is 10.1 Å². The minimum atomic E-state index is -1.13. The Bertz CT molecular complexity index is 795. The SMILES string of the molecule is C[C@H](OC(=O)c1cc2c(s1)CCCC2)C(=O)Nc1cc(F)ccc1F. The standard InChI is InChI=1S/C18H17F2NO3S/c1-10(17(22)21-14-9-12(19)6-7-13(14)20)24-18(23)16-8-11-4-2-3-5-15(11)25-16/h6-10H,2-5H2,1H3,(H,21,22)/t10-/m0/s1. The van der Waals surface area contributed by atoms with Crippen LogP contribution in [0.3, 0.4) is 0 Å². The Kier molecular flexibility index (Phi) is 5.13. The highest BCUT2D eigenvalue weighted by Crippen LogP contribution is 2.30. The number of amides is 1. The summed E-state index contributed by atoms with van der Waals surface area (Å²) in [6, 6.07) is 4.55. The number of benzene rings is 1. The molecular weight excluding hydrogens is 348 g/mol. The lowest BCUT2D eigenvalue weighted by Crippen LogP contribution is -2.30. The van der Waals surface area contributed by atoms with Gasteiger partial charge in [-0.3, -0.25) is 4.79 Å². The fourth-order valence-corrected chi connectivity index (χ4v) is 3.83. The van der Waals surface area contributed by atoms with Crippen LogP contribution in [0, 0.1) is 11.6 Å². The van der Waals surface area contributed by atoms with E-state index in [0.29, 0.717) is 4.88 Å². The highest BCUT2D eigenvalue weighted by atomic mass is 32.1. The second-order valence-electron chi connectivity index (χ2n) is 5.93. The van der Waals surface area contributed by atoms with Gasteiger partial charge >= 0.3 is 5.97 Å². The Morgan fingerprint density at radius 3 is 2.72 bits per heavy atom. The van der Waals surface area contributed by atoms with Gasteiger partial charge in [0, 0.05) is 10.9 Å². The van der Waals surface area contributed by atoms with Crippen molar-refractivity contribution in [1.82, 2.24) is 0 Å². The quantitative estimate of drug-likeness (QED) is 0.831. The molecule has 1 aliphatic rings. The number of aryl methyl sites for hydroxylation is 2. The van der Waals surface area contributed by atoms with Crippen LogP contribution in [-0.4, -0.2) is 18.0 Å². The van der Waals surface area contributed by atoms with Crippen LogP contribution < -0.4 is 5.32 Å². The summed E-state index contributed by atoms with van der Waals surface area (Å²) in [4.78, 5) is 25.9. The third-order valence-corrected chi connectivity index (χ3v) is 5.25. The maximum absolute atomic E-state index is 13.6. The number of carbonyl (C=O) groups is 2. The van der Waals surface area contributed by atoms with Crippen molar-refractivity contribution in [2.24, 2.45) is 0 Å². The number of thiophene rings is 1. The zero-order chi connectivity index (χ0) is 18.0. The lowest BCUT2D eigenvalue weighted by Gasteiger charge is -2.13. The van der Waals surface area contributed by atoms with Gasteiger partial charge in [-0.15, -0.1) is 11.3 Å². The molecule has 2 aromatic rings. The van der Waals surface area contributed by atoms with E-state index in [1.807, 2.05) is 6.07 Å². The molecule has 0 aliphatic heterocycles. The molecule has 1 heterocycles. The van der Waals surface area contributed by atoms with Gasteiger partial charge in [-0.1, -0.05) is 0 Å². The van der Waals surface area contributed by atoms with Crippen molar-refractivity contribution in [2.75, 3.05) is 5.32 Å². The first-order chi connectivity index (χ1) is 11.9. The van der Waals surface area contributed by atoms with Crippen LogP contribution in [0.4, 0.5) is 14.5 Å². The number of rotatable bonds is 4. The van der Waals surface area contributed by atoms with Crippen LogP contribution in [0.15, 0.2) is 24.3 Å². The second kappa shape index (κ2) is 7.31. The lowest BCUT2D eigenvalue weighted by molar-refractivity contribution is -0.123. The number of esters is 1. The van der Waals surface area contributed by atoms with Gasteiger partial charge in [0.05, 0.1) is 5.69 Å². The number of nitrogens with one attached hydrogen (secondary N) is 1. The number of anilines is 1. The first-order valence-electron chi connectivity index (χ1n) is 8.02. The average Bonchev–Trinajstić information content (AvgIpc) is 3.02. The second-order valence-corrected chi connectivity index (χ2v) is 7.06. The van der Waals surface area contributed by atoms with Crippen LogP contribution in [0.25, 0.3) is 0 Å². The molecule has 1 aliphatic carbocycles. The minimum absolute atomic E-state index is 0.292. The average molecular weight is 365 g/mol. The number of fused-ring (bicyclic) bond motifs is 1. The van der Waals surface area contributed by atoms with Gasteiger partial charge in [0.15, 0.2) is 6.10 Å². The van der Waals surface area contributed by atoms with E-state index in [-0.39, 0.29) is 5.69 Å². The molecule has 3 rings (SSSR count). The van der Waals surface area contributed by atoms with Gasteiger partial charge in [-0.25, -0.2) is 13.6 Å². The molecule has 1 amide bonds. The summed E-state index contributed by atoms with van der Waals surface area (Å²) >= 11 is 1.39. The fraction of sp³-hybridized carbons (Fsp3) is 0.333. The Hall–Kier alpha value is -2.28. The maximum Gasteiger partial charge on any atom is 0.349 e. The van der Waals surface area contributed by atoms with E-state index in [1.54, 1.807) is 0 Å². The molecule has 132 valence electrons. The van der Waals surface area contributed by atoms with Crippen molar-refractivity contribution in [3.63, 3.8) is 0 Å². The topological polar surface area (TPSA) is 55.4 Å². The number of carbonyl (C=O) groups excluding carboxylic acids is 2. The van der Waals surface area contributed by atoms with Crippen LogP contribution in [-0.2, 0) is 22.4 Å². The zero-order valence-electron chi connectivity index (χ0n) is 13.6. The number of hydrogen-bond acceptors (Lipinski definition) is 4. The molecule has 0 bridgehead atoms. The predicted molar refractivity (Wildman–Crippen MR) is 90.8 cm³/mol. The van der Waals surface area contributed by atoms with Crippen molar-refractivity contribution in [3.8, 4) is 0 Å². The molecule has 0 spiro atoms. The van der Waals surface area contributed by atoms with Crippen LogP contribution in [0.2, 0.25) is 0 Å². The highest BCUT2D eigenvalue weighted by Gasteiger charge is 2.23. The van der Waals surface area contributed by atoms with E-state index in [0.717, 1.165) is 43.9 Å². The molecular formula is C18H17F2NO3S. The molecule has 0 fully saturated rings. The van der Waals surface area contributed by atoms with Crippen molar-refractivity contribution in [1.29, 1.82) is 0 Å². The molecule has 1 aromatic heterocycles. The summed E-state index contributed by atoms with van der Waals surface area (Å²) in [7, 11) is 0. The molecule has 25 heavy (non-hydrogen) atoms. The number of hydrogen-bond donors (Lipinski definition) is 1. The number of halogens is 2. The monoisotopic (exact) mass is 365 g/mol. The molecule has 1 aromatic carbocycles. The van der Waals surface area contributed by atoms with E-state index >= 15 is 0 Å². The third-order valence-electron chi connectivity index (χ3n) is 4.04. The van der Waals surface area contributed by atoms with Crippen molar-refractivity contribution in [2.45, 2.75) is 38.7 Å². The number of ether oxygens (including phenoxy) is 1. The summed E-state index contributed by atoms with van der Waals surface area (Å²) in [5, 5.41) is 2.23. The van der Waals surface area contributed by atoms with Gasteiger partial charge in [0.1, 0.15) is 16.5 Å². The third kappa shape index (κ3) is 4.04. The lowest BCUT2D eigenvalue weighted by atomic mass is 9.99. The normalized spacial score (nSPS) is 14.5. The predicted octanol–water partition coefficient (Wildman–Crippen LogP) is 4.09. The van der Waals surface area contributed by atoms with Crippen LogP contribution >= 0.6 is 11.3 Å². The van der Waals surface area contributed by atoms with Crippen molar-refractivity contribution < 1.29 is 23.1 Å². The van der Waals surface area contributed by atoms with E-state index in [1.165, 1.54) is 28.7 Å². The molecule has 1 N–H and O–H groups in total. The van der Waals surface area contributed by atoms with Crippen molar-refractivity contribution >= 4 is 28.9 Å². The van der Waals surface area contributed by atoms with E-state index in [9.17, 15) is 18.4 Å². The van der Waals surface area contributed by atoms with Gasteiger partial charge in [0.25, 0.3) is 5.91 Å². The van der Waals surface area contributed by atoms with E-state index in [4.69, 9.17) is 4.74 Å². The summed E-state index contributed by atoms with van der Waals surface area (Å²) < 4.78 is 31.9. The van der Waals surface area contributed by atoms with Gasteiger partial charge in [0.2, 0.25) is 0 Å². The summed E-state index contributed by atoms with van der Waals surface area (Å²) in [6.45, 7) is 1.39. The molecule has 0 radical (unpaired) electrons. The molecule has 0 saturated heterocycles. The fourth-order valence-electron chi connectivity index (χ4n) is 2.69. The summed E-state index contributed by atoms with van der Waals surface area (Å²) in [5.41, 5.74) is 0.877. The summed E-state index contributed by atoms with van der Waals surface area (Å²) in [5.74, 6) is -2.74. The van der Waals surface area contributed by atoms with Crippen molar-refractivity contribution in [3.05, 3.63) is 51.2 Å². The molecule has 7 heteroatoms. The zero-order valence-corrected chi connectivity index (χ0v) is 14.4. The molecule has 1 atom stereocenters. The Morgan fingerprint density at radius 1 is 1.20 bits per heavy atom. The largest absolute Gasteiger partial charge is 0.448 e. The maximum atomic E-state index is 13.6. The van der Waals surface area contributed by atoms with Gasteiger partial charge in [-0.05, 0) is 56.4 Å². The summed E-state index contributed by atoms with van der Waals surface area (Å²) in [6.07, 6.45) is 3.00. The molecule has 0 saturated carbocycles. The smallest absolute Gasteiger partial charge is 0.349 e. The van der Waals surface area contributed by atoms with E-state index in [2.05, 4.69) is 5.32 Å². The van der Waals surface area contributed by atoms with Crippen LogP contribution in [0.1, 0.15) is 39.9 Å². The molecule has 4 nitrogen and oxygen atoms in total. The Labute approximate surface area is 147 Å². The first kappa shape index (κ1) is 17.5. The van der Waals surface area contributed by atoms with Crippen LogP contribution in [0.5, 0.6) is 0 Å². The Morgan fingerprint density at radius 2 is 1.96 bits per heavy atom. The highest BCUT2D eigenvalue weighted by molar-refractivity contribution is 7.14.